The number of carbonyl (C=O) groups excluding carboxylic acids is 1. The van der Waals surface area contributed by atoms with Gasteiger partial charge < -0.3 is 78.8 Å². The van der Waals surface area contributed by atoms with Crippen molar-refractivity contribution in [1.82, 2.24) is 0 Å². The van der Waals surface area contributed by atoms with Gasteiger partial charge in [-0.2, -0.15) is 0 Å². The van der Waals surface area contributed by atoms with Gasteiger partial charge >= 0.3 is 11.9 Å². The van der Waals surface area contributed by atoms with Gasteiger partial charge in [0.2, 0.25) is 17.5 Å². The Balaban J connectivity index is 1.50. The van der Waals surface area contributed by atoms with Gasteiger partial charge in [-0.1, -0.05) is 0 Å². The summed E-state index contributed by atoms with van der Waals surface area (Å²) in [6.07, 6.45) is -19.1. The highest BCUT2D eigenvalue weighted by molar-refractivity contribution is 5.88. The molecule has 0 aliphatic carbocycles. The van der Waals surface area contributed by atoms with E-state index >= 15 is 0 Å². The van der Waals surface area contributed by atoms with Crippen LogP contribution in [-0.4, -0.2) is 139 Å². The summed E-state index contributed by atoms with van der Waals surface area (Å²) in [4.78, 5) is 37.8. The quantitative estimate of drug-likeness (QED) is 0.101. The number of hydrogen-bond donors (Lipinski definition) is 9. The molecule has 5 rings (SSSR count). The lowest BCUT2D eigenvalue weighted by atomic mass is 9.97. The molecule has 19 nitrogen and oxygen atoms in total. The van der Waals surface area contributed by atoms with Crippen molar-refractivity contribution in [1.29, 1.82) is 0 Å². The van der Waals surface area contributed by atoms with Gasteiger partial charge in [-0.15, -0.1) is 0 Å². The Morgan fingerprint density at radius 1 is 0.887 bits per heavy atom. The average molecular weight is 753 g/mol. The first kappa shape index (κ1) is 39.6. The minimum Gasteiger partial charge on any atom is -0.508 e. The van der Waals surface area contributed by atoms with E-state index in [1.54, 1.807) is 0 Å². The SMILES string of the molecule is COc1cc(O)c2c(=O)c(OC3OC(COC(=O)CC(C)(O)CC(=O)O)C(OC4OC(C)C(O)C(O)C4O)C(O)C3O)c(-c3ccc(O)cc3)oc2c1. The lowest BCUT2D eigenvalue weighted by Crippen LogP contribution is -2.64. The number of methoxy groups -OCH3 is 1. The first-order valence-corrected chi connectivity index (χ1v) is 16.2. The average Bonchev–Trinajstić information content (AvgIpc) is 3.08. The number of ether oxygens (including phenoxy) is 6. The number of fused-ring (bicyclic) bond motifs is 1. The van der Waals surface area contributed by atoms with Gasteiger partial charge in [0.1, 0.15) is 77.6 Å². The summed E-state index contributed by atoms with van der Waals surface area (Å²) >= 11 is 0. The summed E-state index contributed by atoms with van der Waals surface area (Å²) in [6, 6.07) is 7.75. The molecule has 0 amide bonds. The van der Waals surface area contributed by atoms with Gasteiger partial charge in [0, 0.05) is 17.7 Å². The van der Waals surface area contributed by atoms with Crippen LogP contribution < -0.4 is 14.9 Å². The van der Waals surface area contributed by atoms with Crippen LogP contribution in [0.15, 0.2) is 45.6 Å². The summed E-state index contributed by atoms with van der Waals surface area (Å²) < 4.78 is 39.3. The number of benzene rings is 2. The Morgan fingerprint density at radius 3 is 2.19 bits per heavy atom. The molecule has 2 saturated heterocycles. The number of esters is 1. The van der Waals surface area contributed by atoms with Crippen LogP contribution in [0.3, 0.4) is 0 Å². The smallest absolute Gasteiger partial charge is 0.308 e. The Bertz CT molecular complexity index is 1840. The molecule has 11 atom stereocenters. The van der Waals surface area contributed by atoms with Crippen LogP contribution in [-0.2, 0) is 28.5 Å². The number of carboxylic acids is 1. The summed E-state index contributed by atoms with van der Waals surface area (Å²) in [5.74, 6) is -4.00. The number of aliphatic hydroxyl groups is 6. The van der Waals surface area contributed by atoms with E-state index < -0.39 is 115 Å². The molecule has 2 fully saturated rings. The first-order chi connectivity index (χ1) is 24.9. The predicted molar refractivity (Wildman–Crippen MR) is 175 cm³/mol. The third-order valence-corrected chi connectivity index (χ3v) is 8.71. The second-order valence-electron chi connectivity index (χ2n) is 13.0. The monoisotopic (exact) mass is 752 g/mol. The molecule has 0 bridgehead atoms. The maximum absolute atomic E-state index is 13.9. The van der Waals surface area contributed by atoms with Gasteiger partial charge in [0.15, 0.2) is 12.1 Å². The first-order valence-electron chi connectivity index (χ1n) is 16.2. The molecular formula is C34H40O19. The maximum Gasteiger partial charge on any atom is 0.308 e. The Hall–Kier alpha value is -4.57. The van der Waals surface area contributed by atoms with Crippen LogP contribution in [0.2, 0.25) is 0 Å². The standard InChI is InChI=1S/C34H40O19/c1-13-23(40)25(42)27(44)32(49-13)52-30-19(12-48-21(39)11-34(2,46)10-20(37)38)51-33(28(45)26(30)43)53-31-24(41)22-17(36)8-16(47-3)9-18(22)50-29(31)14-4-6-15(35)7-5-14/h4-9,13,19,23,25-28,30,32-33,35-36,40,42-46H,10-12H2,1-3H3,(H,37,38). The van der Waals surface area contributed by atoms with Crippen LogP contribution in [0.1, 0.15) is 26.7 Å². The third kappa shape index (κ3) is 8.64. The highest BCUT2D eigenvalue weighted by Crippen LogP contribution is 2.38. The van der Waals surface area contributed by atoms with E-state index in [1.807, 2.05) is 0 Å². The minimum atomic E-state index is -2.08. The zero-order chi connectivity index (χ0) is 38.9. The van der Waals surface area contributed by atoms with Gasteiger partial charge in [0.25, 0.3) is 0 Å². The van der Waals surface area contributed by atoms with E-state index in [2.05, 4.69) is 0 Å². The summed E-state index contributed by atoms with van der Waals surface area (Å²) in [5.41, 5.74) is -2.96. The number of phenols is 2. The van der Waals surface area contributed by atoms with Crippen molar-refractivity contribution in [3.8, 4) is 34.3 Å². The fourth-order valence-corrected chi connectivity index (χ4v) is 5.91. The van der Waals surface area contributed by atoms with Crippen molar-refractivity contribution >= 4 is 22.9 Å². The van der Waals surface area contributed by atoms with Gasteiger partial charge in [-0.25, -0.2) is 0 Å². The number of rotatable bonds is 12. The molecule has 0 radical (unpaired) electrons. The van der Waals surface area contributed by atoms with Crippen molar-refractivity contribution in [2.45, 2.75) is 93.7 Å². The molecule has 2 aliphatic rings. The Kier molecular flexibility index (Phi) is 11.8. The molecule has 2 aliphatic heterocycles. The Labute approximate surface area is 299 Å². The molecule has 53 heavy (non-hydrogen) atoms. The highest BCUT2D eigenvalue weighted by atomic mass is 16.7. The van der Waals surface area contributed by atoms with Crippen LogP contribution in [0, 0.1) is 0 Å². The number of aliphatic hydroxyl groups excluding tert-OH is 5. The molecule has 0 spiro atoms. The second-order valence-corrected chi connectivity index (χ2v) is 13.0. The lowest BCUT2D eigenvalue weighted by molar-refractivity contribution is -0.349. The van der Waals surface area contributed by atoms with Crippen LogP contribution >= 0.6 is 0 Å². The second kappa shape index (κ2) is 15.8. The van der Waals surface area contributed by atoms with E-state index in [0.717, 1.165) is 13.0 Å². The van der Waals surface area contributed by atoms with Gasteiger partial charge in [-0.3, -0.25) is 14.4 Å². The van der Waals surface area contributed by atoms with Gasteiger partial charge in [0.05, 0.1) is 31.7 Å². The zero-order valence-corrected chi connectivity index (χ0v) is 28.5. The van der Waals surface area contributed by atoms with E-state index in [-0.39, 0.29) is 33.8 Å². The molecule has 2 aromatic carbocycles. The number of aromatic hydroxyl groups is 2. The molecule has 0 saturated carbocycles. The fourth-order valence-electron chi connectivity index (χ4n) is 5.91. The molecular weight excluding hydrogens is 712 g/mol. The zero-order valence-electron chi connectivity index (χ0n) is 28.5. The van der Waals surface area contributed by atoms with Gasteiger partial charge in [-0.05, 0) is 38.1 Å². The molecule has 290 valence electrons. The normalized spacial score (nSPS) is 30.0. The molecule has 1 aromatic heterocycles. The largest absolute Gasteiger partial charge is 0.508 e. The van der Waals surface area contributed by atoms with E-state index in [4.69, 9.17) is 37.9 Å². The molecule has 3 heterocycles. The maximum atomic E-state index is 13.9. The summed E-state index contributed by atoms with van der Waals surface area (Å²) in [5, 5.41) is 93.2. The molecule has 11 unspecified atom stereocenters. The Morgan fingerprint density at radius 2 is 1.55 bits per heavy atom. The highest BCUT2D eigenvalue weighted by Gasteiger charge is 2.51. The summed E-state index contributed by atoms with van der Waals surface area (Å²) in [6.45, 7) is 1.63. The third-order valence-electron chi connectivity index (χ3n) is 8.71. The number of phenolic OH excluding ortho intramolecular Hbond substituents is 2. The van der Waals surface area contributed by atoms with E-state index in [0.29, 0.717) is 0 Å². The minimum absolute atomic E-state index is 0.133. The van der Waals surface area contributed by atoms with E-state index in [1.165, 1.54) is 44.4 Å². The molecule has 9 N–H and O–H groups in total. The summed E-state index contributed by atoms with van der Waals surface area (Å²) in [7, 11) is 1.32. The molecule has 19 heteroatoms. The number of aliphatic carboxylic acids is 1. The lowest BCUT2D eigenvalue weighted by Gasteiger charge is -2.45. The van der Waals surface area contributed by atoms with Crippen molar-refractivity contribution < 1.29 is 88.4 Å². The van der Waals surface area contributed by atoms with Crippen molar-refractivity contribution in [3.63, 3.8) is 0 Å². The van der Waals surface area contributed by atoms with Crippen LogP contribution in [0.25, 0.3) is 22.3 Å². The van der Waals surface area contributed by atoms with Crippen molar-refractivity contribution in [2.75, 3.05) is 13.7 Å². The predicted octanol–water partition coefficient (Wildman–Crippen LogP) is -0.923. The van der Waals surface area contributed by atoms with Crippen molar-refractivity contribution in [2.24, 2.45) is 0 Å². The number of carboxylic acid groups (broad SMARTS) is 1. The van der Waals surface area contributed by atoms with Crippen LogP contribution in [0.5, 0.6) is 23.0 Å². The number of carbonyl (C=O) groups is 2. The fraction of sp³-hybridized carbons (Fsp3) is 0.500. The van der Waals surface area contributed by atoms with Crippen molar-refractivity contribution in [3.05, 3.63) is 46.6 Å². The van der Waals surface area contributed by atoms with Crippen LogP contribution in [0.4, 0.5) is 0 Å². The number of hydrogen-bond acceptors (Lipinski definition) is 18. The topological polar surface area (TPSA) is 302 Å². The van der Waals surface area contributed by atoms with E-state index in [9.17, 15) is 55.2 Å². The molecule has 3 aromatic rings.